The number of hydrogen-bond donors (Lipinski definition) is 1. The topological polar surface area (TPSA) is 91.8 Å². The van der Waals surface area contributed by atoms with Crippen LogP contribution in [0, 0.1) is 0 Å². The lowest BCUT2D eigenvalue weighted by Crippen LogP contribution is -2.48. The van der Waals surface area contributed by atoms with Crippen molar-refractivity contribution in [2.24, 2.45) is 0 Å². The van der Waals surface area contributed by atoms with Crippen LogP contribution in [0.15, 0.2) is 24.3 Å². The fraction of sp³-hybridized carbons (Fsp3) is 0.467. The second-order valence-corrected chi connectivity index (χ2v) is 7.84. The molecule has 1 aromatic carbocycles. The summed E-state index contributed by atoms with van der Waals surface area (Å²) < 4.78 is 22.2. The highest BCUT2D eigenvalue weighted by atomic mass is 32.2. The molecule has 0 aliphatic carbocycles. The fourth-order valence-corrected chi connectivity index (χ4v) is 3.30. The van der Waals surface area contributed by atoms with E-state index >= 15 is 0 Å². The highest BCUT2D eigenvalue weighted by Gasteiger charge is 2.34. The van der Waals surface area contributed by atoms with Gasteiger partial charge >= 0.3 is 5.97 Å². The molecule has 0 saturated carbocycles. The number of rotatable bonds is 5. The van der Waals surface area contributed by atoms with Gasteiger partial charge in [-0.1, -0.05) is 24.3 Å². The highest BCUT2D eigenvalue weighted by molar-refractivity contribution is 7.90. The monoisotopic (exact) mass is 325 g/mol. The van der Waals surface area contributed by atoms with Crippen molar-refractivity contribution < 1.29 is 23.1 Å². The van der Waals surface area contributed by atoms with E-state index in [2.05, 4.69) is 0 Å². The largest absolute Gasteiger partial charge is 0.480 e. The van der Waals surface area contributed by atoms with Crippen LogP contribution in [0.4, 0.5) is 0 Å². The summed E-state index contributed by atoms with van der Waals surface area (Å²) in [5, 5.41) is 9.35. The standard InChI is InChI=1S/C15H19NO5S/c1-22(20,21)8-4-7-14(17)16-10-12-6-3-2-5-11(12)9-13(16)15(18)19/h2-3,5-6,13H,4,7-10H2,1H3,(H,18,19). The number of aliphatic carboxylic acids is 1. The average molecular weight is 325 g/mol. The number of sulfone groups is 1. The Kier molecular flexibility index (Phi) is 4.85. The Morgan fingerprint density at radius 3 is 2.50 bits per heavy atom. The van der Waals surface area contributed by atoms with Gasteiger partial charge in [0.2, 0.25) is 5.91 Å². The predicted molar refractivity (Wildman–Crippen MR) is 81.1 cm³/mol. The highest BCUT2D eigenvalue weighted by Crippen LogP contribution is 2.24. The van der Waals surface area contributed by atoms with Gasteiger partial charge in [0.25, 0.3) is 0 Å². The molecule has 0 radical (unpaired) electrons. The fourth-order valence-electron chi connectivity index (χ4n) is 2.63. The summed E-state index contributed by atoms with van der Waals surface area (Å²) in [4.78, 5) is 25.0. The number of benzene rings is 1. The van der Waals surface area contributed by atoms with Gasteiger partial charge in [0, 0.05) is 25.6 Å². The van der Waals surface area contributed by atoms with E-state index in [0.717, 1.165) is 17.4 Å². The zero-order valence-electron chi connectivity index (χ0n) is 12.4. The Labute approximate surface area is 129 Å². The molecule has 2 rings (SSSR count). The Morgan fingerprint density at radius 2 is 1.91 bits per heavy atom. The molecular formula is C15H19NO5S. The van der Waals surface area contributed by atoms with Gasteiger partial charge in [0.05, 0.1) is 5.75 Å². The second-order valence-electron chi connectivity index (χ2n) is 5.58. The molecule has 0 saturated heterocycles. The zero-order chi connectivity index (χ0) is 16.3. The molecule has 0 bridgehead atoms. The third kappa shape index (κ3) is 4.07. The first-order valence-electron chi connectivity index (χ1n) is 7.05. The van der Waals surface area contributed by atoms with Gasteiger partial charge in [-0.2, -0.15) is 0 Å². The van der Waals surface area contributed by atoms with E-state index in [4.69, 9.17) is 0 Å². The number of carboxylic acid groups (broad SMARTS) is 1. The van der Waals surface area contributed by atoms with E-state index in [0.29, 0.717) is 0 Å². The van der Waals surface area contributed by atoms with Crippen molar-refractivity contribution in [2.45, 2.75) is 31.8 Å². The van der Waals surface area contributed by atoms with Crippen LogP contribution in [0.1, 0.15) is 24.0 Å². The van der Waals surface area contributed by atoms with E-state index in [-0.39, 0.29) is 37.5 Å². The lowest BCUT2D eigenvalue weighted by molar-refractivity contribution is -0.151. The van der Waals surface area contributed by atoms with E-state index in [1.54, 1.807) is 0 Å². The van der Waals surface area contributed by atoms with Crippen LogP contribution >= 0.6 is 0 Å². The van der Waals surface area contributed by atoms with Crippen molar-refractivity contribution in [2.75, 3.05) is 12.0 Å². The van der Waals surface area contributed by atoms with Crippen LogP contribution in [0.2, 0.25) is 0 Å². The number of nitrogens with zero attached hydrogens (tertiary/aromatic N) is 1. The van der Waals surface area contributed by atoms with Crippen LogP contribution in [0.3, 0.4) is 0 Å². The third-order valence-corrected chi connectivity index (χ3v) is 4.79. The smallest absolute Gasteiger partial charge is 0.326 e. The molecular weight excluding hydrogens is 306 g/mol. The van der Waals surface area contributed by atoms with Gasteiger partial charge in [-0.15, -0.1) is 0 Å². The van der Waals surface area contributed by atoms with Gasteiger partial charge in [-0.05, 0) is 17.5 Å². The molecule has 0 fully saturated rings. The minimum absolute atomic E-state index is 0.0407. The Hall–Kier alpha value is -1.89. The molecule has 1 aliphatic rings. The number of carbonyl (C=O) groups excluding carboxylic acids is 1. The molecule has 1 aromatic rings. The summed E-state index contributed by atoms with van der Waals surface area (Å²) in [5.41, 5.74) is 1.88. The summed E-state index contributed by atoms with van der Waals surface area (Å²) in [5.74, 6) is -1.42. The van der Waals surface area contributed by atoms with Gasteiger partial charge in [0.15, 0.2) is 0 Å². The number of hydrogen-bond acceptors (Lipinski definition) is 4. The summed E-state index contributed by atoms with van der Waals surface area (Å²) >= 11 is 0. The van der Waals surface area contributed by atoms with Crippen LogP contribution in [0.25, 0.3) is 0 Å². The van der Waals surface area contributed by atoms with E-state index < -0.39 is 21.8 Å². The van der Waals surface area contributed by atoms with E-state index in [1.165, 1.54) is 4.90 Å². The zero-order valence-corrected chi connectivity index (χ0v) is 13.2. The first-order valence-corrected chi connectivity index (χ1v) is 9.11. The molecule has 1 amide bonds. The van der Waals surface area contributed by atoms with Gasteiger partial charge in [-0.3, -0.25) is 4.79 Å². The molecule has 0 spiro atoms. The van der Waals surface area contributed by atoms with Gasteiger partial charge in [-0.25, -0.2) is 13.2 Å². The van der Waals surface area contributed by atoms with Crippen LogP contribution in [0.5, 0.6) is 0 Å². The van der Waals surface area contributed by atoms with Crippen molar-refractivity contribution in [3.8, 4) is 0 Å². The number of carbonyl (C=O) groups is 2. The first kappa shape index (κ1) is 16.5. The van der Waals surface area contributed by atoms with Crippen molar-refractivity contribution in [1.82, 2.24) is 4.90 Å². The number of carboxylic acids is 1. The molecule has 1 heterocycles. The summed E-state index contributed by atoms with van der Waals surface area (Å²) in [6.45, 7) is 0.255. The maximum atomic E-state index is 12.3. The van der Waals surface area contributed by atoms with Gasteiger partial charge < -0.3 is 10.0 Å². The molecule has 1 aliphatic heterocycles. The molecule has 0 aromatic heterocycles. The van der Waals surface area contributed by atoms with Crippen molar-refractivity contribution in [1.29, 1.82) is 0 Å². The van der Waals surface area contributed by atoms with Crippen LogP contribution in [-0.2, 0) is 32.4 Å². The minimum atomic E-state index is -3.12. The third-order valence-electron chi connectivity index (χ3n) is 3.76. The Balaban J connectivity index is 2.10. The van der Waals surface area contributed by atoms with Crippen molar-refractivity contribution >= 4 is 21.7 Å². The second kappa shape index (κ2) is 6.48. The lowest BCUT2D eigenvalue weighted by Gasteiger charge is -2.34. The molecule has 7 heteroatoms. The maximum absolute atomic E-state index is 12.3. The molecule has 120 valence electrons. The van der Waals surface area contributed by atoms with Crippen molar-refractivity contribution in [3.63, 3.8) is 0 Å². The van der Waals surface area contributed by atoms with E-state index in [1.807, 2.05) is 24.3 Å². The number of amides is 1. The molecule has 22 heavy (non-hydrogen) atoms. The SMILES string of the molecule is CS(=O)(=O)CCCC(=O)N1Cc2ccccc2CC1C(=O)O. The summed E-state index contributed by atoms with van der Waals surface area (Å²) in [7, 11) is -3.12. The predicted octanol–water partition coefficient (Wildman–Crippen LogP) is 0.849. The molecule has 1 unspecified atom stereocenters. The quantitative estimate of drug-likeness (QED) is 0.866. The Bertz CT molecular complexity index is 683. The Morgan fingerprint density at radius 1 is 1.27 bits per heavy atom. The average Bonchev–Trinajstić information content (AvgIpc) is 2.44. The van der Waals surface area contributed by atoms with Gasteiger partial charge in [0.1, 0.15) is 15.9 Å². The molecule has 6 nitrogen and oxygen atoms in total. The molecule has 1 atom stereocenters. The van der Waals surface area contributed by atoms with Crippen LogP contribution in [-0.4, -0.2) is 48.4 Å². The lowest BCUT2D eigenvalue weighted by atomic mass is 9.93. The summed E-state index contributed by atoms with van der Waals surface area (Å²) in [6.07, 6.45) is 1.65. The minimum Gasteiger partial charge on any atom is -0.480 e. The summed E-state index contributed by atoms with van der Waals surface area (Å²) in [6, 6.07) is 6.56. The number of fused-ring (bicyclic) bond motifs is 1. The maximum Gasteiger partial charge on any atom is 0.326 e. The first-order chi connectivity index (χ1) is 10.3. The van der Waals surface area contributed by atoms with E-state index in [9.17, 15) is 23.1 Å². The van der Waals surface area contributed by atoms with Crippen molar-refractivity contribution in [3.05, 3.63) is 35.4 Å². The molecule has 1 N–H and O–H groups in total. The normalized spacial score (nSPS) is 17.9. The van der Waals surface area contributed by atoms with Crippen LogP contribution < -0.4 is 0 Å².